The highest BCUT2D eigenvalue weighted by Gasteiger charge is 2.29. The van der Waals surface area contributed by atoms with Gasteiger partial charge in [-0.2, -0.15) is 10.2 Å². The lowest BCUT2D eigenvalue weighted by atomic mass is 9.96. The molecule has 34 heavy (non-hydrogen) atoms. The van der Waals surface area contributed by atoms with E-state index in [1.165, 1.54) is 0 Å². The predicted octanol–water partition coefficient (Wildman–Crippen LogP) is 6.05. The van der Waals surface area contributed by atoms with Crippen LogP contribution in [0.4, 0.5) is 0 Å². The van der Waals surface area contributed by atoms with Crippen molar-refractivity contribution in [2.45, 2.75) is 26.3 Å². The second-order valence-electron chi connectivity index (χ2n) is 8.78. The van der Waals surface area contributed by atoms with Gasteiger partial charge in [-0.1, -0.05) is 42.5 Å². The Morgan fingerprint density at radius 3 is 2.62 bits per heavy atom. The maximum Gasteiger partial charge on any atom is 0.156 e. The van der Waals surface area contributed by atoms with Crippen molar-refractivity contribution in [1.29, 1.82) is 0 Å². The first kappa shape index (κ1) is 20.3. The zero-order chi connectivity index (χ0) is 23.2. The number of aryl methyl sites for hydroxylation is 2. The summed E-state index contributed by atoms with van der Waals surface area (Å²) >= 11 is 0. The van der Waals surface area contributed by atoms with Gasteiger partial charge in [0.2, 0.25) is 0 Å². The van der Waals surface area contributed by atoms with Crippen LogP contribution in [0.25, 0.3) is 28.1 Å². The number of hydrazone groups is 1. The summed E-state index contributed by atoms with van der Waals surface area (Å²) in [4.78, 5) is 0. The highest BCUT2D eigenvalue weighted by Crippen LogP contribution is 2.37. The average molecular weight is 449 g/mol. The molecule has 2 aromatic heterocycles. The molecule has 168 valence electrons. The van der Waals surface area contributed by atoms with E-state index in [-0.39, 0.29) is 11.8 Å². The number of nitrogens with one attached hydrogen (secondary N) is 1. The minimum atomic E-state index is -0.101. The van der Waals surface area contributed by atoms with E-state index in [0.717, 1.165) is 56.1 Å². The van der Waals surface area contributed by atoms with Gasteiger partial charge in [-0.15, -0.1) is 0 Å². The Labute approximate surface area is 197 Å². The van der Waals surface area contributed by atoms with E-state index in [2.05, 4.69) is 10.5 Å². The molecule has 2 N–H and O–H groups in total. The molecule has 6 nitrogen and oxygen atoms in total. The van der Waals surface area contributed by atoms with Gasteiger partial charge >= 0.3 is 0 Å². The molecular weight excluding hydrogens is 424 g/mol. The van der Waals surface area contributed by atoms with E-state index in [1.807, 2.05) is 97.5 Å². The highest BCUT2D eigenvalue weighted by atomic mass is 16.3. The second-order valence-corrected chi connectivity index (χ2v) is 8.78. The summed E-state index contributed by atoms with van der Waals surface area (Å²) in [6.07, 6.45) is 2.67. The summed E-state index contributed by atoms with van der Waals surface area (Å²) in [7, 11) is 0. The third-order valence-electron chi connectivity index (χ3n) is 6.31. The third-order valence-corrected chi connectivity index (χ3v) is 6.31. The summed E-state index contributed by atoms with van der Waals surface area (Å²) < 4.78 is 8.07. The second kappa shape index (κ2) is 7.92. The Kier molecular flexibility index (Phi) is 4.73. The number of fused-ring (bicyclic) bond motifs is 1. The fourth-order valence-corrected chi connectivity index (χ4v) is 4.62. The van der Waals surface area contributed by atoms with Crippen molar-refractivity contribution >= 4 is 16.7 Å². The zero-order valence-electron chi connectivity index (χ0n) is 19.0. The van der Waals surface area contributed by atoms with Crippen molar-refractivity contribution in [2.24, 2.45) is 5.10 Å². The number of phenolic OH excluding ortho intramolecular Hbond substituents is 1. The lowest BCUT2D eigenvalue weighted by Gasteiger charge is -2.10. The maximum absolute atomic E-state index is 10.7. The van der Waals surface area contributed by atoms with E-state index in [9.17, 15) is 5.11 Å². The Morgan fingerprint density at radius 1 is 1.00 bits per heavy atom. The SMILES string of the molecule is Cc1cc(C)c(O)c(C2=NNC(c3cn(-c4ccccc4)nc3-c3cc4ccccc4o3)C2)c1. The normalized spacial score (nSPS) is 15.5. The summed E-state index contributed by atoms with van der Waals surface area (Å²) in [6.45, 7) is 3.94. The number of aromatic hydroxyl groups is 1. The van der Waals surface area contributed by atoms with Crippen molar-refractivity contribution in [3.63, 3.8) is 0 Å². The predicted molar refractivity (Wildman–Crippen MR) is 133 cm³/mol. The maximum atomic E-state index is 10.7. The number of para-hydroxylation sites is 2. The van der Waals surface area contributed by atoms with Gasteiger partial charge in [0, 0.05) is 29.1 Å². The summed E-state index contributed by atoms with van der Waals surface area (Å²) in [5.74, 6) is 1.000. The monoisotopic (exact) mass is 448 g/mol. The number of nitrogens with zero attached hydrogens (tertiary/aromatic N) is 3. The van der Waals surface area contributed by atoms with Gasteiger partial charge in [-0.25, -0.2) is 4.68 Å². The van der Waals surface area contributed by atoms with Gasteiger partial charge in [0.15, 0.2) is 5.76 Å². The van der Waals surface area contributed by atoms with E-state index in [1.54, 1.807) is 0 Å². The topological polar surface area (TPSA) is 75.6 Å². The van der Waals surface area contributed by atoms with Gasteiger partial charge < -0.3 is 14.9 Å². The van der Waals surface area contributed by atoms with Gasteiger partial charge in [-0.3, -0.25) is 0 Å². The molecule has 6 rings (SSSR count). The molecule has 0 amide bonds. The van der Waals surface area contributed by atoms with Gasteiger partial charge in [-0.05, 0) is 55.3 Å². The molecule has 5 aromatic rings. The molecule has 0 aliphatic carbocycles. The standard InChI is InChI=1S/C28H24N4O2/c1-17-12-18(2)28(33)21(13-17)23-15-24(30-29-23)22-16-32(20-9-4-3-5-10-20)31-27(22)26-14-19-8-6-7-11-25(19)34-26/h3-14,16,24,30,33H,15H2,1-2H3. The van der Waals surface area contributed by atoms with Crippen LogP contribution in [-0.2, 0) is 0 Å². The Bertz CT molecular complexity index is 1510. The summed E-state index contributed by atoms with van der Waals surface area (Å²) in [5, 5.41) is 21.2. The molecular formula is C28H24N4O2. The van der Waals surface area contributed by atoms with Gasteiger partial charge in [0.1, 0.15) is 17.0 Å². The van der Waals surface area contributed by atoms with Crippen molar-refractivity contribution in [3.05, 3.63) is 101 Å². The van der Waals surface area contributed by atoms with Gasteiger partial charge in [0.05, 0.1) is 17.4 Å². The first-order valence-electron chi connectivity index (χ1n) is 11.3. The minimum Gasteiger partial charge on any atom is -0.507 e. The lowest BCUT2D eigenvalue weighted by molar-refractivity contribution is 0.469. The number of rotatable bonds is 4. The van der Waals surface area contributed by atoms with Crippen molar-refractivity contribution in [2.75, 3.05) is 0 Å². The molecule has 6 heteroatoms. The fraction of sp³-hybridized carbons (Fsp3) is 0.143. The molecule has 0 fully saturated rings. The largest absolute Gasteiger partial charge is 0.507 e. The lowest BCUT2D eigenvalue weighted by Crippen LogP contribution is -2.10. The Balaban J connectivity index is 1.42. The van der Waals surface area contributed by atoms with Crippen LogP contribution in [0.15, 0.2) is 88.5 Å². The van der Waals surface area contributed by atoms with Gasteiger partial charge in [0.25, 0.3) is 0 Å². The Morgan fingerprint density at radius 2 is 1.79 bits per heavy atom. The van der Waals surface area contributed by atoms with E-state index in [4.69, 9.17) is 9.52 Å². The third kappa shape index (κ3) is 3.44. The number of benzene rings is 3. The molecule has 0 saturated heterocycles. The van der Waals surface area contributed by atoms with Crippen LogP contribution in [0.1, 0.15) is 34.7 Å². The summed E-state index contributed by atoms with van der Waals surface area (Å²) in [5.41, 5.74) is 10.4. The minimum absolute atomic E-state index is 0.101. The smallest absolute Gasteiger partial charge is 0.156 e. The number of furan rings is 1. The van der Waals surface area contributed by atoms with Crippen LogP contribution in [0.5, 0.6) is 5.75 Å². The van der Waals surface area contributed by atoms with Crippen LogP contribution in [0.3, 0.4) is 0 Å². The van der Waals surface area contributed by atoms with Crippen LogP contribution in [0.2, 0.25) is 0 Å². The Hall–Kier alpha value is -4.32. The molecule has 0 saturated carbocycles. The molecule has 0 bridgehead atoms. The van der Waals surface area contributed by atoms with Crippen LogP contribution >= 0.6 is 0 Å². The number of phenols is 1. The zero-order valence-corrected chi connectivity index (χ0v) is 19.0. The molecule has 0 radical (unpaired) electrons. The number of hydrogen-bond donors (Lipinski definition) is 2. The number of aromatic nitrogens is 2. The first-order valence-corrected chi connectivity index (χ1v) is 11.3. The van der Waals surface area contributed by atoms with Crippen LogP contribution in [0, 0.1) is 13.8 Å². The van der Waals surface area contributed by atoms with E-state index < -0.39 is 0 Å². The molecule has 1 unspecified atom stereocenters. The molecule has 0 spiro atoms. The molecule has 1 atom stereocenters. The van der Waals surface area contributed by atoms with Crippen molar-refractivity contribution in [1.82, 2.24) is 15.2 Å². The quantitative estimate of drug-likeness (QED) is 0.351. The van der Waals surface area contributed by atoms with Crippen molar-refractivity contribution in [3.8, 4) is 22.9 Å². The highest BCUT2D eigenvalue weighted by molar-refractivity contribution is 6.04. The average Bonchev–Trinajstić information content (AvgIpc) is 3.59. The molecule has 1 aliphatic heterocycles. The molecule has 3 heterocycles. The molecule has 1 aliphatic rings. The fourth-order valence-electron chi connectivity index (χ4n) is 4.62. The van der Waals surface area contributed by atoms with E-state index in [0.29, 0.717) is 6.42 Å². The van der Waals surface area contributed by atoms with E-state index >= 15 is 0 Å². The first-order chi connectivity index (χ1) is 16.6. The van der Waals surface area contributed by atoms with Crippen LogP contribution in [-0.4, -0.2) is 20.6 Å². The summed E-state index contributed by atoms with van der Waals surface area (Å²) in [6, 6.07) is 23.9. The number of hydrogen-bond acceptors (Lipinski definition) is 5. The van der Waals surface area contributed by atoms with Crippen LogP contribution < -0.4 is 5.43 Å². The molecule has 3 aromatic carbocycles. The van der Waals surface area contributed by atoms with Crippen molar-refractivity contribution < 1.29 is 9.52 Å².